The second-order valence-corrected chi connectivity index (χ2v) is 7.15. The zero-order valence-corrected chi connectivity index (χ0v) is 17.3. The summed E-state index contributed by atoms with van der Waals surface area (Å²) in [5.74, 6) is -0.235. The molecule has 0 bridgehead atoms. The van der Waals surface area contributed by atoms with Crippen molar-refractivity contribution in [1.82, 2.24) is 25.3 Å². The third-order valence-electron chi connectivity index (χ3n) is 4.69. The number of nitrogens with zero attached hydrogens (tertiary/aromatic N) is 4. The molecule has 4 aromatic rings. The average Bonchev–Trinajstić information content (AvgIpc) is 3.19. The van der Waals surface area contributed by atoms with Crippen molar-refractivity contribution in [2.45, 2.75) is 20.4 Å². The maximum atomic E-state index is 13.4. The number of carbonyl (C=O) groups is 1. The number of ether oxygens (including phenoxy) is 1. The summed E-state index contributed by atoms with van der Waals surface area (Å²) in [5, 5.41) is 10.6. The topological polar surface area (TPSA) is 81.9 Å². The summed E-state index contributed by atoms with van der Waals surface area (Å²) in [7, 11) is 0. The number of carbonyl (C=O) groups excluding carboxylic acids is 1. The fourth-order valence-electron chi connectivity index (χ4n) is 3.14. The van der Waals surface area contributed by atoms with Crippen molar-refractivity contribution >= 4 is 5.91 Å². The Bertz CT molecular complexity index is 1270. The van der Waals surface area contributed by atoms with Crippen LogP contribution in [-0.2, 0) is 6.54 Å². The van der Waals surface area contributed by atoms with E-state index in [2.05, 4.69) is 20.6 Å². The normalized spacial score (nSPS) is 10.8. The molecule has 0 aliphatic carbocycles. The summed E-state index contributed by atoms with van der Waals surface area (Å²) >= 11 is 0. The van der Waals surface area contributed by atoms with E-state index in [0.29, 0.717) is 34.0 Å². The first-order valence-corrected chi connectivity index (χ1v) is 9.75. The van der Waals surface area contributed by atoms with Gasteiger partial charge >= 0.3 is 0 Å². The highest BCUT2D eigenvalue weighted by molar-refractivity contribution is 5.96. The summed E-state index contributed by atoms with van der Waals surface area (Å²) < 4.78 is 34.2. The largest absolute Gasteiger partial charge is 0.457 e. The molecular formula is C23H19F2N5O2. The van der Waals surface area contributed by atoms with E-state index in [0.717, 1.165) is 11.8 Å². The van der Waals surface area contributed by atoms with Gasteiger partial charge in [0.2, 0.25) is 0 Å². The molecule has 1 amide bonds. The number of pyridine rings is 1. The second-order valence-electron chi connectivity index (χ2n) is 7.15. The molecule has 162 valence electrons. The van der Waals surface area contributed by atoms with E-state index in [-0.39, 0.29) is 12.5 Å². The molecule has 0 radical (unpaired) electrons. The Balaban J connectivity index is 1.50. The third-order valence-corrected chi connectivity index (χ3v) is 4.69. The smallest absolute Gasteiger partial charge is 0.251 e. The van der Waals surface area contributed by atoms with Crippen LogP contribution in [0.3, 0.4) is 0 Å². The van der Waals surface area contributed by atoms with E-state index in [4.69, 9.17) is 4.74 Å². The molecule has 0 aliphatic rings. The van der Waals surface area contributed by atoms with Crippen molar-refractivity contribution in [3.05, 3.63) is 94.9 Å². The molecule has 0 spiro atoms. The number of aromatic nitrogens is 4. The number of amides is 1. The lowest BCUT2D eigenvalue weighted by Crippen LogP contribution is -2.23. The monoisotopic (exact) mass is 435 g/mol. The maximum Gasteiger partial charge on any atom is 0.251 e. The molecule has 32 heavy (non-hydrogen) atoms. The van der Waals surface area contributed by atoms with Gasteiger partial charge in [0.05, 0.1) is 11.9 Å². The van der Waals surface area contributed by atoms with E-state index < -0.39 is 11.6 Å². The van der Waals surface area contributed by atoms with Crippen LogP contribution in [0.15, 0.2) is 60.9 Å². The zero-order valence-electron chi connectivity index (χ0n) is 17.3. The van der Waals surface area contributed by atoms with Crippen LogP contribution >= 0.6 is 0 Å². The van der Waals surface area contributed by atoms with Crippen molar-refractivity contribution in [2.24, 2.45) is 0 Å². The first-order chi connectivity index (χ1) is 15.4. The molecule has 0 aliphatic heterocycles. The second kappa shape index (κ2) is 8.93. The van der Waals surface area contributed by atoms with Gasteiger partial charge in [0, 0.05) is 36.0 Å². The predicted molar refractivity (Wildman–Crippen MR) is 113 cm³/mol. The first kappa shape index (κ1) is 21.1. The van der Waals surface area contributed by atoms with Crippen LogP contribution in [0.2, 0.25) is 0 Å². The van der Waals surface area contributed by atoms with Crippen molar-refractivity contribution in [3.63, 3.8) is 0 Å². The van der Waals surface area contributed by atoms with E-state index in [1.165, 1.54) is 16.8 Å². The Hall–Kier alpha value is -4.14. The Morgan fingerprint density at radius 1 is 1.09 bits per heavy atom. The lowest BCUT2D eigenvalue weighted by atomic mass is 10.1. The highest BCUT2D eigenvalue weighted by Gasteiger charge is 2.14. The van der Waals surface area contributed by atoms with Gasteiger partial charge in [-0.2, -0.15) is 0 Å². The van der Waals surface area contributed by atoms with E-state index >= 15 is 0 Å². The van der Waals surface area contributed by atoms with Crippen molar-refractivity contribution < 1.29 is 18.3 Å². The van der Waals surface area contributed by atoms with Gasteiger partial charge in [0.15, 0.2) is 5.82 Å². The molecule has 1 N–H and O–H groups in total. The van der Waals surface area contributed by atoms with Crippen LogP contribution in [-0.4, -0.2) is 25.9 Å². The summed E-state index contributed by atoms with van der Waals surface area (Å²) in [6, 6.07) is 11.6. The summed E-state index contributed by atoms with van der Waals surface area (Å²) in [6.07, 6.45) is 3.33. The maximum absolute atomic E-state index is 13.4. The van der Waals surface area contributed by atoms with Crippen LogP contribution in [0.1, 0.15) is 27.2 Å². The summed E-state index contributed by atoms with van der Waals surface area (Å²) in [4.78, 5) is 16.9. The number of nitrogens with one attached hydrogen (secondary N) is 1. The average molecular weight is 435 g/mol. The van der Waals surface area contributed by atoms with Gasteiger partial charge in [-0.05, 0) is 49.7 Å². The Kier molecular flexibility index (Phi) is 5.89. The van der Waals surface area contributed by atoms with Crippen LogP contribution in [0, 0.1) is 25.5 Å². The van der Waals surface area contributed by atoms with E-state index in [1.807, 2.05) is 6.92 Å². The Labute approximate surface area is 182 Å². The lowest BCUT2D eigenvalue weighted by Gasteiger charge is -2.13. The minimum atomic E-state index is -0.696. The molecule has 7 nitrogen and oxygen atoms in total. The highest BCUT2D eigenvalue weighted by Crippen LogP contribution is 2.28. The van der Waals surface area contributed by atoms with Gasteiger partial charge in [-0.15, -0.1) is 5.10 Å². The molecule has 0 saturated carbocycles. The quantitative estimate of drug-likeness (QED) is 0.489. The van der Waals surface area contributed by atoms with Crippen molar-refractivity contribution in [2.75, 3.05) is 0 Å². The van der Waals surface area contributed by atoms with E-state index in [9.17, 15) is 13.6 Å². The molecular weight excluding hydrogens is 416 g/mol. The SMILES string of the molecule is Cc1cn(-c2cc(Oc3cccc(C(=O)NCc4cc(F)cc(F)c4)c3C)ccn2)nn1. The fraction of sp³-hybridized carbons (Fsp3) is 0.130. The number of hydrogen-bond donors (Lipinski definition) is 1. The van der Waals surface area contributed by atoms with Crippen LogP contribution in [0.5, 0.6) is 11.5 Å². The molecule has 0 fully saturated rings. The van der Waals surface area contributed by atoms with Gasteiger partial charge in [0.25, 0.3) is 5.91 Å². The van der Waals surface area contributed by atoms with Crippen molar-refractivity contribution in [1.29, 1.82) is 0 Å². The molecule has 0 saturated heterocycles. The Morgan fingerprint density at radius 2 is 1.88 bits per heavy atom. The Morgan fingerprint density at radius 3 is 2.59 bits per heavy atom. The number of benzene rings is 2. The van der Waals surface area contributed by atoms with Gasteiger partial charge in [-0.25, -0.2) is 18.4 Å². The lowest BCUT2D eigenvalue weighted by molar-refractivity contribution is 0.0950. The zero-order chi connectivity index (χ0) is 22.7. The minimum Gasteiger partial charge on any atom is -0.457 e. The van der Waals surface area contributed by atoms with Crippen LogP contribution in [0.25, 0.3) is 5.82 Å². The molecule has 2 heterocycles. The van der Waals surface area contributed by atoms with Gasteiger partial charge in [-0.1, -0.05) is 11.3 Å². The molecule has 0 atom stereocenters. The molecule has 9 heteroatoms. The van der Waals surface area contributed by atoms with Gasteiger partial charge in [-0.3, -0.25) is 4.79 Å². The van der Waals surface area contributed by atoms with E-state index in [1.54, 1.807) is 49.6 Å². The van der Waals surface area contributed by atoms with Crippen LogP contribution < -0.4 is 10.1 Å². The molecule has 4 rings (SSSR count). The van der Waals surface area contributed by atoms with Gasteiger partial charge < -0.3 is 10.1 Å². The number of aryl methyl sites for hydroxylation is 1. The highest BCUT2D eigenvalue weighted by atomic mass is 19.1. The number of rotatable bonds is 6. The molecule has 0 unspecified atom stereocenters. The summed E-state index contributed by atoms with van der Waals surface area (Å²) in [5.41, 5.74) is 2.09. The van der Waals surface area contributed by atoms with Crippen molar-refractivity contribution in [3.8, 4) is 17.3 Å². The minimum absolute atomic E-state index is 0.0108. The fourth-order valence-corrected chi connectivity index (χ4v) is 3.14. The predicted octanol–water partition coefficient (Wildman–Crippen LogP) is 4.28. The first-order valence-electron chi connectivity index (χ1n) is 9.75. The third kappa shape index (κ3) is 4.77. The van der Waals surface area contributed by atoms with Gasteiger partial charge in [0.1, 0.15) is 23.1 Å². The molecule has 2 aromatic carbocycles. The standard InChI is InChI=1S/C23H19F2N5O2/c1-14-13-30(29-28-14)22-11-19(6-7-26-22)32-21-5-3-4-20(15(21)2)23(31)27-12-16-8-17(24)10-18(25)9-16/h3-11,13H,12H2,1-2H3,(H,27,31). The van der Waals surface area contributed by atoms with Crippen LogP contribution in [0.4, 0.5) is 8.78 Å². The molecule has 2 aromatic heterocycles. The number of halogens is 2. The summed E-state index contributed by atoms with van der Waals surface area (Å²) in [6.45, 7) is 3.58. The number of hydrogen-bond acceptors (Lipinski definition) is 5.